The van der Waals surface area contributed by atoms with E-state index < -0.39 is 90.7 Å². The zero-order chi connectivity index (χ0) is 44.9. The summed E-state index contributed by atoms with van der Waals surface area (Å²) in [6.45, 7) is 2.33. The first-order valence-electron chi connectivity index (χ1n) is 18.0. The van der Waals surface area contributed by atoms with Gasteiger partial charge in [0, 0.05) is 37.1 Å². The Bertz CT molecular complexity index is 1980. The molecule has 0 spiro atoms. The standard InChI is InChI=1S/C31H50N7O18P3S/c1-4-5-6-7-8-9-19(39)14-22(41)60-13-12-33-21(40)10-11-34-29(44)26(43)31(2,3)16-53-59(50,51)56-58(48,49)52-15-20-25(55-57(45,46)47)24(42)30(54-20)38-18-37-23-27(32)35-17-36-28(23)38/h5-6,8-9,17-20,24-26,30,39,42-43H,4,7,10-16H2,1-3H3,(H,33,40)(H,34,44)(H,48,49)(H,50,51)(H2,32,35,36)(H2,45,46,47)/b6-5+,9-8+. The molecular formula is C31H50N7O18P3S. The molecule has 0 radical (unpaired) electrons. The van der Waals surface area contributed by atoms with Crippen LogP contribution in [0, 0.1) is 5.41 Å². The Morgan fingerprint density at radius 3 is 2.42 bits per heavy atom. The number of carbonyl (C=O) groups is 3. The lowest BCUT2D eigenvalue weighted by atomic mass is 9.87. The first-order chi connectivity index (χ1) is 27.9. The number of allylic oxidation sites excluding steroid dienone is 3. The summed E-state index contributed by atoms with van der Waals surface area (Å²) < 4.78 is 62.2. The van der Waals surface area contributed by atoms with Crippen LogP contribution in [0.4, 0.5) is 5.82 Å². The number of phosphoric acid groups is 3. The zero-order valence-corrected chi connectivity index (χ0v) is 36.0. The van der Waals surface area contributed by atoms with E-state index in [0.717, 1.165) is 35.4 Å². The number of phosphoric ester groups is 3. The predicted octanol–water partition coefficient (Wildman–Crippen LogP) is 0.328. The van der Waals surface area contributed by atoms with Gasteiger partial charge in [-0.1, -0.05) is 56.8 Å². The number of imidazole rings is 1. The number of hydrogen-bond donors (Lipinski definition) is 10. The normalized spacial score (nSPS) is 21.8. The molecule has 25 nitrogen and oxygen atoms in total. The van der Waals surface area contributed by atoms with Gasteiger partial charge in [0.1, 0.15) is 36.3 Å². The van der Waals surface area contributed by atoms with Crippen molar-refractivity contribution in [1.82, 2.24) is 30.2 Å². The minimum Gasteiger partial charge on any atom is -0.389 e. The van der Waals surface area contributed by atoms with Crippen molar-refractivity contribution in [1.29, 1.82) is 0 Å². The number of nitrogen functional groups attached to an aromatic ring is 1. The number of nitrogens with one attached hydrogen (secondary N) is 2. The molecule has 338 valence electrons. The molecule has 1 aliphatic rings. The van der Waals surface area contributed by atoms with Crippen LogP contribution in [0.25, 0.3) is 11.2 Å². The van der Waals surface area contributed by atoms with Gasteiger partial charge in [-0.3, -0.25) is 32.5 Å². The third-order valence-electron chi connectivity index (χ3n) is 8.17. The monoisotopic (exact) mass is 933 g/mol. The topological polar surface area (TPSA) is 384 Å². The lowest BCUT2D eigenvalue weighted by Crippen LogP contribution is -2.46. The van der Waals surface area contributed by atoms with Gasteiger partial charge < -0.3 is 56.0 Å². The van der Waals surface area contributed by atoms with Gasteiger partial charge in [-0.2, -0.15) is 4.31 Å². The predicted molar refractivity (Wildman–Crippen MR) is 211 cm³/mol. The number of thioether (sulfide) groups is 1. The van der Waals surface area contributed by atoms with Gasteiger partial charge in [0.25, 0.3) is 0 Å². The zero-order valence-electron chi connectivity index (χ0n) is 32.5. The van der Waals surface area contributed by atoms with Crippen molar-refractivity contribution in [3.8, 4) is 0 Å². The van der Waals surface area contributed by atoms with Crippen molar-refractivity contribution in [2.45, 2.75) is 83.2 Å². The van der Waals surface area contributed by atoms with Gasteiger partial charge in [-0.25, -0.2) is 28.6 Å². The number of nitrogens with zero attached hydrogens (tertiary/aromatic N) is 4. The molecule has 0 aromatic carbocycles. The number of ether oxygens (including phenoxy) is 1. The maximum absolute atomic E-state index is 12.7. The molecule has 1 aliphatic heterocycles. The average molecular weight is 934 g/mol. The van der Waals surface area contributed by atoms with Crippen molar-refractivity contribution >= 4 is 69.1 Å². The minimum absolute atomic E-state index is 0.0248. The van der Waals surface area contributed by atoms with Crippen LogP contribution in [-0.2, 0) is 50.7 Å². The molecule has 8 unspecified atom stereocenters. The van der Waals surface area contributed by atoms with E-state index in [-0.39, 0.29) is 53.8 Å². The molecule has 0 bridgehead atoms. The fourth-order valence-electron chi connectivity index (χ4n) is 5.17. The summed E-state index contributed by atoms with van der Waals surface area (Å²) in [5.74, 6) is -1.29. The molecule has 11 N–H and O–H groups in total. The number of hydrogen-bond acceptors (Lipinski definition) is 19. The Morgan fingerprint density at radius 2 is 1.73 bits per heavy atom. The molecular weight excluding hydrogens is 883 g/mol. The number of fused-ring (bicyclic) bond motifs is 1. The highest BCUT2D eigenvalue weighted by molar-refractivity contribution is 8.13. The molecule has 1 fully saturated rings. The lowest BCUT2D eigenvalue weighted by molar-refractivity contribution is -0.137. The highest BCUT2D eigenvalue weighted by atomic mass is 32.2. The average Bonchev–Trinajstić information content (AvgIpc) is 3.71. The van der Waals surface area contributed by atoms with E-state index in [1.807, 2.05) is 19.1 Å². The second-order valence-corrected chi connectivity index (χ2v) is 19.0. The van der Waals surface area contributed by atoms with Crippen LogP contribution in [0.1, 0.15) is 52.7 Å². The molecule has 60 heavy (non-hydrogen) atoms. The SMILES string of the molecule is CC/C=C/C/C=C/C(O)CC(=O)SCCNC(=O)CCNC(=O)C(O)C(C)(C)COP(=O)(O)OP(=O)(O)OCC1OC(n2cnc3c(N)ncnc32)C(O)C1OP(=O)(O)O. The number of anilines is 1. The number of aliphatic hydroxyl groups is 3. The second kappa shape index (κ2) is 22.9. The first kappa shape index (κ1) is 51.4. The van der Waals surface area contributed by atoms with Crippen molar-refractivity contribution in [2.24, 2.45) is 5.41 Å². The highest BCUT2D eigenvalue weighted by Crippen LogP contribution is 2.61. The van der Waals surface area contributed by atoms with E-state index in [1.54, 1.807) is 12.2 Å². The van der Waals surface area contributed by atoms with E-state index in [4.69, 9.17) is 19.5 Å². The Morgan fingerprint density at radius 1 is 1.03 bits per heavy atom. The van der Waals surface area contributed by atoms with Crippen molar-refractivity contribution in [2.75, 3.05) is 37.8 Å². The number of aromatic nitrogens is 4. The van der Waals surface area contributed by atoms with Gasteiger partial charge in [-0.05, 0) is 12.8 Å². The molecule has 1 saturated heterocycles. The van der Waals surface area contributed by atoms with E-state index in [2.05, 4.69) is 34.4 Å². The van der Waals surface area contributed by atoms with Crippen LogP contribution in [0.5, 0.6) is 0 Å². The molecule has 0 aliphatic carbocycles. The summed E-state index contributed by atoms with van der Waals surface area (Å²) in [6, 6.07) is 0. The van der Waals surface area contributed by atoms with Crippen LogP contribution in [0.3, 0.4) is 0 Å². The minimum atomic E-state index is -5.58. The van der Waals surface area contributed by atoms with Crippen molar-refractivity contribution in [3.05, 3.63) is 37.0 Å². The number of aliphatic hydroxyl groups excluding tert-OH is 3. The largest absolute Gasteiger partial charge is 0.481 e. The number of nitrogens with two attached hydrogens (primary N) is 1. The van der Waals surface area contributed by atoms with E-state index >= 15 is 0 Å². The van der Waals surface area contributed by atoms with Crippen molar-refractivity contribution in [3.63, 3.8) is 0 Å². The maximum Gasteiger partial charge on any atom is 0.481 e. The van der Waals surface area contributed by atoms with Gasteiger partial charge >= 0.3 is 23.5 Å². The molecule has 2 aromatic heterocycles. The summed E-state index contributed by atoms with van der Waals surface area (Å²) in [5, 5.41) is 36.0. The van der Waals surface area contributed by atoms with Gasteiger partial charge in [0.05, 0.1) is 25.6 Å². The summed E-state index contributed by atoms with van der Waals surface area (Å²) in [5.41, 5.74) is 4.23. The number of amides is 2. The Labute approximate surface area is 347 Å². The van der Waals surface area contributed by atoms with Crippen LogP contribution < -0.4 is 16.4 Å². The first-order valence-corrected chi connectivity index (χ1v) is 23.5. The number of rotatable bonds is 25. The Kier molecular flexibility index (Phi) is 19.6. The third kappa shape index (κ3) is 16.7. The van der Waals surface area contributed by atoms with Crippen molar-refractivity contribution < 1.29 is 85.6 Å². The molecule has 3 heterocycles. The summed E-state index contributed by atoms with van der Waals surface area (Å²) in [7, 11) is -16.4. The van der Waals surface area contributed by atoms with Crippen LogP contribution in [0.2, 0.25) is 0 Å². The molecule has 3 rings (SSSR count). The maximum atomic E-state index is 12.7. The lowest BCUT2D eigenvalue weighted by Gasteiger charge is -2.30. The highest BCUT2D eigenvalue weighted by Gasteiger charge is 2.50. The fraction of sp³-hybridized carbons (Fsp3) is 0.613. The molecule has 2 aromatic rings. The van der Waals surface area contributed by atoms with E-state index in [9.17, 15) is 63.0 Å². The summed E-state index contributed by atoms with van der Waals surface area (Å²) in [6.07, 6.45) is 0.736. The fourth-order valence-corrected chi connectivity index (χ4v) is 8.72. The van der Waals surface area contributed by atoms with Gasteiger partial charge in [0.2, 0.25) is 11.8 Å². The summed E-state index contributed by atoms with van der Waals surface area (Å²) in [4.78, 5) is 87.8. The van der Waals surface area contributed by atoms with Gasteiger partial charge in [0.15, 0.2) is 22.8 Å². The number of carbonyl (C=O) groups excluding carboxylic acids is 3. The van der Waals surface area contributed by atoms with Crippen LogP contribution >= 0.6 is 35.2 Å². The van der Waals surface area contributed by atoms with E-state index in [1.165, 1.54) is 13.8 Å². The Hall–Kier alpha value is -3.00. The molecule has 0 saturated carbocycles. The second-order valence-electron chi connectivity index (χ2n) is 13.6. The molecule has 2 amide bonds. The molecule has 29 heteroatoms. The van der Waals surface area contributed by atoms with Gasteiger partial charge in [-0.15, -0.1) is 0 Å². The van der Waals surface area contributed by atoms with E-state index in [0.29, 0.717) is 6.42 Å². The summed E-state index contributed by atoms with van der Waals surface area (Å²) >= 11 is 0.938. The third-order valence-corrected chi connectivity index (χ3v) is 12.2. The van der Waals surface area contributed by atoms with Crippen LogP contribution in [0.15, 0.2) is 37.0 Å². The molecule has 8 atom stereocenters. The smallest absolute Gasteiger partial charge is 0.389 e. The van der Waals surface area contributed by atoms with Crippen LogP contribution in [-0.4, -0.2) is 134 Å². The Balaban J connectivity index is 1.43. The quantitative estimate of drug-likeness (QED) is 0.0364.